The smallest absolute Gasteiger partial charge is 0.429 e. The van der Waals surface area contributed by atoms with E-state index in [2.05, 4.69) is 5.32 Å². The standard InChI is InChI=1S/C24H27N3O6/c28-21(16-18-8-3-1-4-9-18)25-14-13-22(29)27-20(23(30)31)12-7-15-26(27)24(32)33-17-19-10-5-2-6-11-19/h1-6,8-11,20H,7,12-17H2,(H,25,28)(H,30,31)/t20-/m0/s1. The number of ether oxygens (including phenoxy) is 1. The lowest BCUT2D eigenvalue weighted by atomic mass is 10.1. The van der Waals surface area contributed by atoms with Gasteiger partial charge in [0.25, 0.3) is 0 Å². The van der Waals surface area contributed by atoms with Crippen molar-refractivity contribution in [3.05, 3.63) is 71.8 Å². The van der Waals surface area contributed by atoms with E-state index >= 15 is 0 Å². The van der Waals surface area contributed by atoms with E-state index in [1.54, 1.807) is 12.1 Å². The maximum absolute atomic E-state index is 12.9. The number of benzene rings is 2. The van der Waals surface area contributed by atoms with Crippen molar-refractivity contribution in [1.82, 2.24) is 15.3 Å². The molecule has 1 fully saturated rings. The second kappa shape index (κ2) is 11.7. The summed E-state index contributed by atoms with van der Waals surface area (Å²) in [6.45, 7) is 0.204. The van der Waals surface area contributed by atoms with Gasteiger partial charge in [-0.3, -0.25) is 9.59 Å². The Balaban J connectivity index is 1.58. The molecule has 1 heterocycles. The fourth-order valence-electron chi connectivity index (χ4n) is 3.61. The molecule has 2 N–H and O–H groups in total. The molecule has 2 aromatic carbocycles. The molecule has 9 heteroatoms. The molecule has 0 bridgehead atoms. The summed E-state index contributed by atoms with van der Waals surface area (Å²) in [5, 5.41) is 14.3. The van der Waals surface area contributed by atoms with Crippen LogP contribution < -0.4 is 5.32 Å². The van der Waals surface area contributed by atoms with Crippen molar-refractivity contribution >= 4 is 23.9 Å². The van der Waals surface area contributed by atoms with Crippen LogP contribution in [0.3, 0.4) is 0 Å². The van der Waals surface area contributed by atoms with Gasteiger partial charge in [-0.05, 0) is 24.0 Å². The van der Waals surface area contributed by atoms with Crippen LogP contribution in [-0.2, 0) is 32.1 Å². The lowest BCUT2D eigenvalue weighted by Crippen LogP contribution is -2.60. The molecule has 1 aliphatic heterocycles. The Labute approximate surface area is 191 Å². The van der Waals surface area contributed by atoms with E-state index in [0.717, 1.165) is 21.1 Å². The van der Waals surface area contributed by atoms with Gasteiger partial charge in [0, 0.05) is 19.5 Å². The van der Waals surface area contributed by atoms with E-state index in [1.165, 1.54) is 0 Å². The summed E-state index contributed by atoms with van der Waals surface area (Å²) in [7, 11) is 0. The minimum absolute atomic E-state index is 0.00544. The third-order valence-electron chi connectivity index (χ3n) is 5.23. The number of carbonyl (C=O) groups is 4. The van der Waals surface area contributed by atoms with Crippen LogP contribution >= 0.6 is 0 Å². The van der Waals surface area contributed by atoms with Crippen molar-refractivity contribution < 1.29 is 29.0 Å². The normalized spacial score (nSPS) is 15.6. The van der Waals surface area contributed by atoms with Gasteiger partial charge in [-0.25, -0.2) is 19.6 Å². The Hall–Kier alpha value is -3.88. The third-order valence-corrected chi connectivity index (χ3v) is 5.23. The maximum atomic E-state index is 12.9. The molecule has 1 saturated heterocycles. The van der Waals surface area contributed by atoms with E-state index in [4.69, 9.17) is 4.74 Å². The molecular formula is C24H27N3O6. The zero-order valence-corrected chi connectivity index (χ0v) is 18.2. The summed E-state index contributed by atoms with van der Waals surface area (Å²) in [6, 6.07) is 17.1. The average Bonchev–Trinajstić information content (AvgIpc) is 2.83. The molecule has 0 aromatic heterocycles. The van der Waals surface area contributed by atoms with Crippen molar-refractivity contribution in [2.75, 3.05) is 13.1 Å². The van der Waals surface area contributed by atoms with Crippen LogP contribution in [0.5, 0.6) is 0 Å². The van der Waals surface area contributed by atoms with E-state index in [1.807, 2.05) is 48.5 Å². The van der Waals surface area contributed by atoms with Crippen molar-refractivity contribution in [2.24, 2.45) is 0 Å². The summed E-state index contributed by atoms with van der Waals surface area (Å²) in [4.78, 5) is 49.5. The summed E-state index contributed by atoms with van der Waals surface area (Å²) in [5.41, 5.74) is 1.62. The van der Waals surface area contributed by atoms with Gasteiger partial charge in [0.1, 0.15) is 6.61 Å². The summed E-state index contributed by atoms with van der Waals surface area (Å²) < 4.78 is 5.32. The number of hydrogen-bond donors (Lipinski definition) is 2. The monoisotopic (exact) mass is 453 g/mol. The van der Waals surface area contributed by atoms with Crippen LogP contribution in [0, 0.1) is 0 Å². The highest BCUT2D eigenvalue weighted by molar-refractivity contribution is 5.86. The number of hydrazine groups is 1. The summed E-state index contributed by atoms with van der Waals surface area (Å²) >= 11 is 0. The van der Waals surface area contributed by atoms with Gasteiger partial charge < -0.3 is 15.2 Å². The first-order valence-electron chi connectivity index (χ1n) is 10.8. The fraction of sp³-hybridized carbons (Fsp3) is 0.333. The number of nitrogens with zero attached hydrogens (tertiary/aromatic N) is 2. The minimum Gasteiger partial charge on any atom is -0.480 e. The quantitative estimate of drug-likeness (QED) is 0.634. The van der Waals surface area contributed by atoms with E-state index in [-0.39, 0.29) is 44.9 Å². The van der Waals surface area contributed by atoms with Crippen LogP contribution in [0.1, 0.15) is 30.4 Å². The number of carbonyl (C=O) groups excluding carboxylic acids is 3. The van der Waals surface area contributed by atoms with Gasteiger partial charge in [0.2, 0.25) is 11.8 Å². The summed E-state index contributed by atoms with van der Waals surface area (Å²) in [6.07, 6.45) is -0.105. The van der Waals surface area contributed by atoms with Gasteiger partial charge in [-0.1, -0.05) is 60.7 Å². The fourth-order valence-corrected chi connectivity index (χ4v) is 3.61. The number of nitrogens with one attached hydrogen (secondary N) is 1. The van der Waals surface area contributed by atoms with Gasteiger partial charge >= 0.3 is 12.1 Å². The zero-order chi connectivity index (χ0) is 23.6. The molecule has 2 aromatic rings. The molecule has 0 radical (unpaired) electrons. The number of rotatable bonds is 8. The van der Waals surface area contributed by atoms with Crippen LogP contribution in [0.15, 0.2) is 60.7 Å². The minimum atomic E-state index is -1.20. The molecule has 33 heavy (non-hydrogen) atoms. The molecule has 1 aliphatic rings. The highest BCUT2D eigenvalue weighted by Gasteiger charge is 2.40. The highest BCUT2D eigenvalue weighted by Crippen LogP contribution is 2.21. The Morgan fingerprint density at radius 3 is 2.24 bits per heavy atom. The maximum Gasteiger partial charge on any atom is 0.429 e. The Kier molecular flexibility index (Phi) is 8.40. The molecule has 0 saturated carbocycles. The second-order valence-corrected chi connectivity index (χ2v) is 7.66. The first kappa shape index (κ1) is 23.8. The van der Waals surface area contributed by atoms with E-state index < -0.39 is 24.0 Å². The van der Waals surface area contributed by atoms with Crippen LogP contribution in [-0.4, -0.2) is 58.1 Å². The molecule has 1 atom stereocenters. The second-order valence-electron chi connectivity index (χ2n) is 7.66. The van der Waals surface area contributed by atoms with Gasteiger partial charge in [-0.15, -0.1) is 0 Å². The van der Waals surface area contributed by atoms with Crippen molar-refractivity contribution in [2.45, 2.75) is 38.3 Å². The van der Waals surface area contributed by atoms with Gasteiger partial charge in [0.05, 0.1) is 6.42 Å². The lowest BCUT2D eigenvalue weighted by molar-refractivity contribution is -0.170. The summed E-state index contributed by atoms with van der Waals surface area (Å²) in [5.74, 6) is -2.02. The number of amides is 3. The molecule has 0 aliphatic carbocycles. The zero-order valence-electron chi connectivity index (χ0n) is 18.2. The molecule has 3 rings (SSSR count). The Bertz CT molecular complexity index is 967. The largest absolute Gasteiger partial charge is 0.480 e. The average molecular weight is 453 g/mol. The first-order valence-corrected chi connectivity index (χ1v) is 10.8. The third kappa shape index (κ3) is 6.80. The molecule has 0 spiro atoms. The SMILES string of the molecule is O=C(Cc1ccccc1)NCCC(=O)N1[C@H](C(=O)O)CCCN1C(=O)OCc1ccccc1. The predicted molar refractivity (Wildman–Crippen MR) is 119 cm³/mol. The molecule has 174 valence electrons. The molecule has 0 unspecified atom stereocenters. The van der Waals surface area contributed by atoms with E-state index in [0.29, 0.717) is 6.42 Å². The number of hydrogen-bond acceptors (Lipinski definition) is 5. The number of carboxylic acids is 1. The number of aliphatic carboxylic acids is 1. The Morgan fingerprint density at radius 1 is 0.970 bits per heavy atom. The molecular weight excluding hydrogens is 426 g/mol. The van der Waals surface area contributed by atoms with Gasteiger partial charge in [-0.2, -0.15) is 0 Å². The Morgan fingerprint density at radius 2 is 1.61 bits per heavy atom. The van der Waals surface area contributed by atoms with E-state index in [9.17, 15) is 24.3 Å². The molecule has 3 amide bonds. The van der Waals surface area contributed by atoms with Gasteiger partial charge in [0.15, 0.2) is 6.04 Å². The van der Waals surface area contributed by atoms with Crippen LogP contribution in [0.25, 0.3) is 0 Å². The topological polar surface area (TPSA) is 116 Å². The number of carboxylic acid groups (broad SMARTS) is 1. The lowest BCUT2D eigenvalue weighted by Gasteiger charge is -2.41. The van der Waals surface area contributed by atoms with Crippen molar-refractivity contribution in [1.29, 1.82) is 0 Å². The highest BCUT2D eigenvalue weighted by atomic mass is 16.6. The van der Waals surface area contributed by atoms with Crippen LogP contribution in [0.2, 0.25) is 0 Å². The first-order chi connectivity index (χ1) is 16.0. The predicted octanol–water partition coefficient (Wildman–Crippen LogP) is 2.36. The van der Waals surface area contributed by atoms with Crippen LogP contribution in [0.4, 0.5) is 4.79 Å². The van der Waals surface area contributed by atoms with Crippen molar-refractivity contribution in [3.63, 3.8) is 0 Å². The van der Waals surface area contributed by atoms with Crippen molar-refractivity contribution in [3.8, 4) is 0 Å². The molecule has 9 nitrogen and oxygen atoms in total.